The van der Waals surface area contributed by atoms with Gasteiger partial charge in [0.2, 0.25) is 0 Å². The summed E-state index contributed by atoms with van der Waals surface area (Å²) in [6.07, 6.45) is 1.73. The fraction of sp³-hybridized carbons (Fsp3) is 0.400. The summed E-state index contributed by atoms with van der Waals surface area (Å²) < 4.78 is 0.878. The Balaban J connectivity index is 2.15. The van der Waals surface area contributed by atoms with Crippen LogP contribution in [0.3, 0.4) is 0 Å². The fourth-order valence-corrected chi connectivity index (χ4v) is 3.98. The van der Waals surface area contributed by atoms with Gasteiger partial charge in [-0.15, -0.1) is 0 Å². The molecule has 0 amide bonds. The van der Waals surface area contributed by atoms with Crippen LogP contribution in [0.5, 0.6) is 0 Å². The summed E-state index contributed by atoms with van der Waals surface area (Å²) in [5.74, 6) is 0. The molecular weight excluding hydrogens is 270 g/mol. The molecule has 2 heteroatoms. The molecule has 0 saturated carbocycles. The van der Waals surface area contributed by atoms with Crippen LogP contribution in [0.4, 0.5) is 0 Å². The average molecular weight is 296 g/mol. The van der Waals surface area contributed by atoms with E-state index in [1.165, 1.54) is 11.1 Å². The molecule has 1 N–H and O–H groups in total. The van der Waals surface area contributed by atoms with Gasteiger partial charge in [-0.2, -0.15) is 0 Å². The monoisotopic (exact) mass is 296 g/mol. The highest BCUT2D eigenvalue weighted by atomic mass is 16.3. The van der Waals surface area contributed by atoms with Crippen molar-refractivity contribution in [1.82, 2.24) is 0 Å². The molecule has 22 heavy (non-hydrogen) atoms. The lowest BCUT2D eigenvalue weighted by Crippen LogP contribution is -2.50. The molecule has 2 aromatic rings. The average Bonchev–Trinajstić information content (AvgIpc) is 2.64. The molecule has 0 aromatic heterocycles. The van der Waals surface area contributed by atoms with Gasteiger partial charge < -0.3 is 9.59 Å². The lowest BCUT2D eigenvalue weighted by atomic mass is 9.68. The highest BCUT2D eigenvalue weighted by Crippen LogP contribution is 2.42. The van der Waals surface area contributed by atoms with Crippen molar-refractivity contribution >= 4 is 0 Å². The van der Waals surface area contributed by atoms with Crippen LogP contribution in [0.2, 0.25) is 0 Å². The third-order valence-electron chi connectivity index (χ3n) is 5.15. The predicted octanol–water partition coefficient (Wildman–Crippen LogP) is 3.20. The summed E-state index contributed by atoms with van der Waals surface area (Å²) >= 11 is 0. The zero-order chi connectivity index (χ0) is 15.6. The minimum absolute atomic E-state index is 0.297. The van der Waals surface area contributed by atoms with Gasteiger partial charge in [0, 0.05) is 0 Å². The van der Waals surface area contributed by atoms with Crippen LogP contribution in [0.25, 0.3) is 0 Å². The number of hydrogen-bond donors (Lipinski definition) is 1. The van der Waals surface area contributed by atoms with Gasteiger partial charge in [0.25, 0.3) is 0 Å². The standard InChI is InChI=1S/C20H26NO/c1-21(2)15-9-14-20(19(22)16-21,17-10-5-3-6-11-17)18-12-7-4-8-13-18/h3-8,10-13,19,22H,9,14-16H2,1-2H3/q+1/t19-/m1/s1. The number of hydrogen-bond acceptors (Lipinski definition) is 1. The molecule has 1 saturated heterocycles. The fourth-order valence-electron chi connectivity index (χ4n) is 3.98. The van der Waals surface area contributed by atoms with Gasteiger partial charge in [0.15, 0.2) is 0 Å². The lowest BCUT2D eigenvalue weighted by Gasteiger charge is -2.39. The van der Waals surface area contributed by atoms with Crippen molar-refractivity contribution in [3.63, 3.8) is 0 Å². The second-order valence-corrected chi connectivity index (χ2v) is 7.16. The van der Waals surface area contributed by atoms with Crippen molar-refractivity contribution < 1.29 is 9.59 Å². The lowest BCUT2D eigenvalue weighted by molar-refractivity contribution is -0.892. The van der Waals surface area contributed by atoms with E-state index >= 15 is 0 Å². The van der Waals surface area contributed by atoms with Gasteiger partial charge in [-0.1, -0.05) is 60.7 Å². The predicted molar refractivity (Wildman–Crippen MR) is 90.7 cm³/mol. The van der Waals surface area contributed by atoms with Crippen LogP contribution in [0.1, 0.15) is 24.0 Å². The second kappa shape index (κ2) is 5.86. The summed E-state index contributed by atoms with van der Waals surface area (Å²) in [6, 6.07) is 21.1. The zero-order valence-electron chi connectivity index (χ0n) is 13.6. The Labute approximate surface area is 133 Å². The summed E-state index contributed by atoms with van der Waals surface area (Å²) in [7, 11) is 4.44. The Morgan fingerprint density at radius 2 is 1.41 bits per heavy atom. The summed E-state index contributed by atoms with van der Waals surface area (Å²) in [4.78, 5) is 0. The molecule has 1 atom stereocenters. The molecule has 2 nitrogen and oxygen atoms in total. The van der Waals surface area contributed by atoms with Crippen LogP contribution in [-0.2, 0) is 5.41 Å². The molecule has 116 valence electrons. The molecular formula is C20H26NO+. The molecule has 0 bridgehead atoms. The van der Waals surface area contributed by atoms with E-state index in [4.69, 9.17) is 0 Å². The van der Waals surface area contributed by atoms with Crippen molar-refractivity contribution in [2.45, 2.75) is 24.4 Å². The summed E-state index contributed by atoms with van der Waals surface area (Å²) in [5, 5.41) is 11.2. The highest BCUT2D eigenvalue weighted by Gasteiger charge is 2.46. The first kappa shape index (κ1) is 15.3. The molecule has 0 radical (unpaired) electrons. The van der Waals surface area contributed by atoms with Gasteiger partial charge in [-0.05, 0) is 24.0 Å². The molecule has 2 aromatic carbocycles. The number of likely N-dealkylation sites (N-methyl/N-ethyl adjacent to an activating group) is 1. The smallest absolute Gasteiger partial charge is 0.117 e. The van der Waals surface area contributed by atoms with Crippen molar-refractivity contribution in [2.24, 2.45) is 0 Å². The SMILES string of the molecule is C[N+]1(C)CCCC(c2ccccc2)(c2ccccc2)[C@H](O)C1. The third kappa shape index (κ3) is 2.69. The van der Waals surface area contributed by atoms with E-state index < -0.39 is 0 Å². The molecule has 3 rings (SSSR count). The van der Waals surface area contributed by atoms with Gasteiger partial charge in [-0.3, -0.25) is 0 Å². The van der Waals surface area contributed by atoms with Gasteiger partial charge in [0.1, 0.15) is 12.6 Å². The van der Waals surface area contributed by atoms with Gasteiger partial charge in [-0.25, -0.2) is 0 Å². The first-order valence-electron chi connectivity index (χ1n) is 8.16. The van der Waals surface area contributed by atoms with Crippen molar-refractivity contribution in [3.8, 4) is 0 Å². The van der Waals surface area contributed by atoms with E-state index in [-0.39, 0.29) is 11.5 Å². The Kier molecular flexibility index (Phi) is 4.07. The Morgan fingerprint density at radius 3 is 1.91 bits per heavy atom. The molecule has 1 aliphatic rings. The van der Waals surface area contributed by atoms with E-state index in [1.807, 2.05) is 12.1 Å². The molecule has 1 fully saturated rings. The van der Waals surface area contributed by atoms with E-state index in [9.17, 15) is 5.11 Å². The van der Waals surface area contributed by atoms with Crippen molar-refractivity contribution in [1.29, 1.82) is 0 Å². The number of likely N-dealkylation sites (tertiary alicyclic amines) is 1. The minimum atomic E-state index is -0.380. The van der Waals surface area contributed by atoms with E-state index in [2.05, 4.69) is 62.6 Å². The number of aliphatic hydroxyl groups excluding tert-OH is 1. The number of aliphatic hydroxyl groups is 1. The van der Waals surface area contributed by atoms with E-state index in [0.717, 1.165) is 30.4 Å². The first-order valence-corrected chi connectivity index (χ1v) is 8.16. The largest absolute Gasteiger partial charge is 0.386 e. The maximum Gasteiger partial charge on any atom is 0.117 e. The highest BCUT2D eigenvalue weighted by molar-refractivity contribution is 5.41. The summed E-state index contributed by atoms with van der Waals surface area (Å²) in [5.41, 5.74) is 2.17. The molecule has 1 aliphatic heterocycles. The maximum absolute atomic E-state index is 11.2. The van der Waals surface area contributed by atoms with Crippen LogP contribution in [0, 0.1) is 0 Å². The molecule has 1 heterocycles. The summed E-state index contributed by atoms with van der Waals surface area (Å²) in [6.45, 7) is 1.89. The number of benzene rings is 2. The van der Waals surface area contributed by atoms with Crippen molar-refractivity contribution in [2.75, 3.05) is 27.2 Å². The van der Waals surface area contributed by atoms with Crippen LogP contribution >= 0.6 is 0 Å². The topological polar surface area (TPSA) is 20.2 Å². The third-order valence-corrected chi connectivity index (χ3v) is 5.15. The van der Waals surface area contributed by atoms with Crippen LogP contribution in [0.15, 0.2) is 60.7 Å². The molecule has 0 aliphatic carbocycles. The van der Waals surface area contributed by atoms with E-state index in [0.29, 0.717) is 0 Å². The van der Waals surface area contributed by atoms with Crippen molar-refractivity contribution in [3.05, 3.63) is 71.8 Å². The zero-order valence-corrected chi connectivity index (χ0v) is 13.6. The van der Waals surface area contributed by atoms with E-state index in [1.54, 1.807) is 0 Å². The number of nitrogens with zero attached hydrogens (tertiary/aromatic N) is 1. The Bertz CT molecular complexity index is 567. The molecule has 0 spiro atoms. The Hall–Kier alpha value is -1.64. The van der Waals surface area contributed by atoms with Crippen LogP contribution in [-0.4, -0.2) is 42.9 Å². The van der Waals surface area contributed by atoms with Gasteiger partial charge in [0.05, 0.1) is 26.1 Å². The first-order chi connectivity index (χ1) is 10.5. The quantitative estimate of drug-likeness (QED) is 0.844. The maximum atomic E-state index is 11.2. The number of rotatable bonds is 2. The van der Waals surface area contributed by atoms with Crippen LogP contribution < -0.4 is 0 Å². The van der Waals surface area contributed by atoms with Gasteiger partial charge >= 0.3 is 0 Å². The second-order valence-electron chi connectivity index (χ2n) is 7.16. The normalized spacial score (nSPS) is 23.7. The Morgan fingerprint density at radius 1 is 0.909 bits per heavy atom. The number of quaternary nitrogens is 1. The molecule has 0 unspecified atom stereocenters. The minimum Gasteiger partial charge on any atom is -0.386 e.